The van der Waals surface area contributed by atoms with E-state index in [0.717, 1.165) is 4.90 Å². The second kappa shape index (κ2) is 7.62. The maximum absolute atomic E-state index is 12.0. The summed E-state index contributed by atoms with van der Waals surface area (Å²) in [6.45, 7) is 11.4. The number of imide groups is 1. The molecule has 0 saturated heterocycles. The van der Waals surface area contributed by atoms with Crippen LogP contribution in [0.3, 0.4) is 0 Å². The third-order valence-electron chi connectivity index (χ3n) is 3.79. The van der Waals surface area contributed by atoms with Crippen LogP contribution in [0.15, 0.2) is 35.9 Å². The second-order valence-corrected chi connectivity index (χ2v) is 8.37. The van der Waals surface area contributed by atoms with Gasteiger partial charge in [-0.25, -0.2) is 9.69 Å². The summed E-state index contributed by atoms with van der Waals surface area (Å²) >= 11 is 0. The van der Waals surface area contributed by atoms with E-state index in [1.807, 2.05) is 13.8 Å². The zero-order valence-electron chi connectivity index (χ0n) is 16.5. The van der Waals surface area contributed by atoms with Crippen molar-refractivity contribution in [1.82, 2.24) is 0 Å². The summed E-state index contributed by atoms with van der Waals surface area (Å²) in [6, 6.07) is 5.86. The van der Waals surface area contributed by atoms with E-state index in [0.29, 0.717) is 17.7 Å². The standard InChI is InChI=1S/C20H25NO6/c1-13-11-16(22)21(17(13)23)15-9-7-14(8-10-15)18(24)25-27-26-20(5,6)12-19(2,3)4/h7-11H,12H2,1-6H3. The third kappa shape index (κ3) is 5.48. The van der Waals surface area contributed by atoms with Crippen LogP contribution in [0.4, 0.5) is 5.69 Å². The first-order valence-electron chi connectivity index (χ1n) is 8.63. The fourth-order valence-electron chi connectivity index (χ4n) is 3.07. The van der Waals surface area contributed by atoms with Crippen molar-refractivity contribution in [3.63, 3.8) is 0 Å². The van der Waals surface area contributed by atoms with Crippen LogP contribution in [-0.2, 0) is 24.4 Å². The second-order valence-electron chi connectivity index (χ2n) is 8.37. The van der Waals surface area contributed by atoms with Gasteiger partial charge in [-0.3, -0.25) is 14.5 Å². The fraction of sp³-hybridized carbons (Fsp3) is 0.450. The molecule has 0 fully saturated rings. The number of anilines is 1. The molecule has 1 aliphatic heterocycles. The number of carbonyl (C=O) groups excluding carboxylic acids is 3. The molecule has 1 heterocycles. The highest BCUT2D eigenvalue weighted by Gasteiger charge is 2.30. The molecule has 1 aromatic rings. The lowest BCUT2D eigenvalue weighted by Crippen LogP contribution is -2.31. The molecule has 0 N–H and O–H groups in total. The molecule has 0 aliphatic carbocycles. The molecule has 0 aromatic heterocycles. The molecule has 2 amide bonds. The van der Waals surface area contributed by atoms with Crippen molar-refractivity contribution in [3.05, 3.63) is 41.5 Å². The predicted molar refractivity (Wildman–Crippen MR) is 98.4 cm³/mol. The maximum Gasteiger partial charge on any atom is 0.376 e. The molecule has 0 saturated carbocycles. The Morgan fingerprint density at radius 3 is 2.11 bits per heavy atom. The van der Waals surface area contributed by atoms with Gasteiger partial charge in [0.05, 0.1) is 11.3 Å². The first-order chi connectivity index (χ1) is 12.4. The number of nitrogens with zero attached hydrogens (tertiary/aromatic N) is 1. The summed E-state index contributed by atoms with van der Waals surface area (Å²) in [4.78, 5) is 46.8. The van der Waals surface area contributed by atoms with Crippen LogP contribution in [0, 0.1) is 5.41 Å². The molecule has 0 unspecified atom stereocenters. The van der Waals surface area contributed by atoms with Crippen LogP contribution in [-0.4, -0.2) is 23.4 Å². The lowest BCUT2D eigenvalue weighted by atomic mass is 9.84. The average molecular weight is 375 g/mol. The first kappa shape index (κ1) is 20.8. The van der Waals surface area contributed by atoms with E-state index >= 15 is 0 Å². The highest BCUT2D eigenvalue weighted by Crippen LogP contribution is 2.29. The molecular weight excluding hydrogens is 350 g/mol. The molecular formula is C20H25NO6. The van der Waals surface area contributed by atoms with Crippen molar-refractivity contribution in [1.29, 1.82) is 0 Å². The summed E-state index contributed by atoms with van der Waals surface area (Å²) in [5, 5.41) is 4.66. The summed E-state index contributed by atoms with van der Waals surface area (Å²) in [7, 11) is 0. The SMILES string of the molecule is CC1=CC(=O)N(c2ccc(C(=O)OOOC(C)(C)CC(C)(C)C)cc2)C1=O. The molecule has 1 aliphatic rings. The first-order valence-corrected chi connectivity index (χ1v) is 8.63. The summed E-state index contributed by atoms with van der Waals surface area (Å²) in [5.74, 6) is -1.54. The van der Waals surface area contributed by atoms with E-state index in [1.165, 1.54) is 30.3 Å². The Hall–Kier alpha value is -2.51. The van der Waals surface area contributed by atoms with Crippen LogP contribution in [0.1, 0.15) is 58.3 Å². The molecule has 0 spiro atoms. The van der Waals surface area contributed by atoms with E-state index in [9.17, 15) is 14.4 Å². The van der Waals surface area contributed by atoms with Crippen molar-refractivity contribution < 1.29 is 29.2 Å². The van der Waals surface area contributed by atoms with Crippen molar-refractivity contribution in [3.8, 4) is 0 Å². The highest BCUT2D eigenvalue weighted by molar-refractivity contribution is 6.30. The van der Waals surface area contributed by atoms with Gasteiger partial charge in [-0.1, -0.05) is 20.8 Å². The summed E-state index contributed by atoms with van der Waals surface area (Å²) in [6.07, 6.45) is 1.96. The topological polar surface area (TPSA) is 82.1 Å². The van der Waals surface area contributed by atoms with Gasteiger partial charge in [0.25, 0.3) is 11.8 Å². The van der Waals surface area contributed by atoms with Gasteiger partial charge in [0.15, 0.2) is 0 Å². The Balaban J connectivity index is 1.93. The molecule has 2 rings (SSSR count). The largest absolute Gasteiger partial charge is 0.376 e. The zero-order valence-corrected chi connectivity index (χ0v) is 16.5. The normalized spacial score (nSPS) is 15.2. The van der Waals surface area contributed by atoms with Crippen LogP contribution in [0.25, 0.3) is 0 Å². The molecule has 0 radical (unpaired) electrons. The van der Waals surface area contributed by atoms with Gasteiger partial charge >= 0.3 is 5.97 Å². The molecule has 0 atom stereocenters. The predicted octanol–water partition coefficient (Wildman–Crippen LogP) is 3.74. The molecule has 0 bridgehead atoms. The van der Waals surface area contributed by atoms with Gasteiger partial charge in [-0.15, -0.1) is 0 Å². The van der Waals surface area contributed by atoms with Crippen LogP contribution in [0.5, 0.6) is 0 Å². The van der Waals surface area contributed by atoms with Crippen molar-refractivity contribution in [2.75, 3.05) is 4.90 Å². The van der Waals surface area contributed by atoms with Gasteiger partial charge in [0, 0.05) is 11.6 Å². The highest BCUT2D eigenvalue weighted by atomic mass is 17.5. The number of hydrogen-bond donors (Lipinski definition) is 0. The van der Waals surface area contributed by atoms with Gasteiger partial charge in [0.2, 0.25) is 0 Å². The van der Waals surface area contributed by atoms with Gasteiger partial charge in [-0.2, -0.15) is 4.89 Å². The minimum atomic E-state index is -0.749. The molecule has 27 heavy (non-hydrogen) atoms. The smallest absolute Gasteiger partial charge is 0.269 e. The Morgan fingerprint density at radius 1 is 1.04 bits per heavy atom. The van der Waals surface area contributed by atoms with Crippen molar-refractivity contribution in [2.45, 2.75) is 53.6 Å². The monoisotopic (exact) mass is 375 g/mol. The number of rotatable bonds is 6. The Kier molecular flexibility index (Phi) is 5.87. The van der Waals surface area contributed by atoms with Crippen LogP contribution >= 0.6 is 0 Å². The Morgan fingerprint density at radius 2 is 1.63 bits per heavy atom. The van der Waals surface area contributed by atoms with E-state index in [1.54, 1.807) is 6.92 Å². The quantitative estimate of drug-likeness (QED) is 0.428. The lowest BCUT2D eigenvalue weighted by Gasteiger charge is -2.29. The van der Waals surface area contributed by atoms with Crippen molar-refractivity contribution >= 4 is 23.5 Å². The Bertz CT molecular complexity index is 771. The maximum atomic E-state index is 12.0. The van der Waals surface area contributed by atoms with E-state index in [2.05, 4.69) is 30.7 Å². The van der Waals surface area contributed by atoms with E-state index < -0.39 is 17.5 Å². The van der Waals surface area contributed by atoms with Gasteiger partial charge < -0.3 is 0 Å². The van der Waals surface area contributed by atoms with Crippen LogP contribution < -0.4 is 4.90 Å². The van der Waals surface area contributed by atoms with Gasteiger partial charge in [0.1, 0.15) is 5.60 Å². The minimum absolute atomic E-state index is 0.0182. The summed E-state index contributed by atoms with van der Waals surface area (Å²) in [5.41, 5.74) is 0.318. The number of hydrogen-bond acceptors (Lipinski definition) is 6. The minimum Gasteiger partial charge on any atom is -0.269 e. The fourth-order valence-corrected chi connectivity index (χ4v) is 3.07. The third-order valence-corrected chi connectivity index (χ3v) is 3.79. The molecule has 146 valence electrons. The average Bonchev–Trinajstić information content (AvgIpc) is 2.77. The van der Waals surface area contributed by atoms with Crippen molar-refractivity contribution in [2.24, 2.45) is 5.41 Å². The number of amides is 2. The number of benzene rings is 1. The zero-order chi connectivity index (χ0) is 20.4. The lowest BCUT2D eigenvalue weighted by molar-refractivity contribution is -0.514. The number of carbonyl (C=O) groups is 3. The van der Waals surface area contributed by atoms with E-state index in [-0.39, 0.29) is 16.9 Å². The van der Waals surface area contributed by atoms with Crippen LogP contribution in [0.2, 0.25) is 0 Å². The van der Waals surface area contributed by atoms with Gasteiger partial charge in [-0.05, 0) is 61.9 Å². The molecule has 1 aromatic carbocycles. The van der Waals surface area contributed by atoms with E-state index in [4.69, 9.17) is 4.89 Å². The molecule has 7 heteroatoms. The molecule has 7 nitrogen and oxygen atoms in total. The summed E-state index contributed by atoms with van der Waals surface area (Å²) < 4.78 is 0. The Labute approximate surface area is 158 Å².